The van der Waals surface area contributed by atoms with E-state index < -0.39 is 11.9 Å². The molecule has 0 bridgehead atoms. The minimum Gasteiger partial charge on any atom is -0.197 e. The summed E-state index contributed by atoms with van der Waals surface area (Å²) in [6.07, 6.45) is 15.8. The third kappa shape index (κ3) is 55.3. The van der Waals surface area contributed by atoms with Crippen LogP contribution in [0.3, 0.4) is 0 Å². The van der Waals surface area contributed by atoms with Crippen LogP contribution in [0, 0.1) is 11.8 Å². The third-order valence-corrected chi connectivity index (χ3v) is 11.1. The molecular formula is C28H60O4S3Sn. The van der Waals surface area contributed by atoms with Crippen LogP contribution in [0.15, 0.2) is 0 Å². The van der Waals surface area contributed by atoms with Gasteiger partial charge in [-0.25, -0.2) is 0 Å². The van der Waals surface area contributed by atoms with Gasteiger partial charge in [0.25, 0.3) is 0 Å². The van der Waals surface area contributed by atoms with Crippen molar-refractivity contribution in [2.24, 2.45) is 11.8 Å². The zero-order valence-corrected chi connectivity index (χ0v) is 29.9. The third-order valence-electron chi connectivity index (χ3n) is 5.01. The molecule has 0 aliphatic carbocycles. The van der Waals surface area contributed by atoms with E-state index >= 15 is 0 Å². The van der Waals surface area contributed by atoms with Crippen molar-refractivity contribution in [2.75, 3.05) is 23.0 Å². The second-order valence-corrected chi connectivity index (χ2v) is 16.3. The fourth-order valence-electron chi connectivity index (χ4n) is 2.91. The molecule has 36 heavy (non-hydrogen) atoms. The number of rotatable bonds is 22. The number of carboxylic acids is 2. The van der Waals surface area contributed by atoms with Gasteiger partial charge in [-0.15, -0.1) is 0 Å². The van der Waals surface area contributed by atoms with Crippen molar-refractivity contribution in [3.63, 3.8) is 0 Å². The van der Waals surface area contributed by atoms with Gasteiger partial charge in [-0.1, -0.05) is 66.2 Å². The van der Waals surface area contributed by atoms with Crippen molar-refractivity contribution < 1.29 is 19.8 Å². The maximum atomic E-state index is 10.2. The monoisotopic (exact) mass is 676 g/mol. The summed E-state index contributed by atoms with van der Waals surface area (Å²) in [5, 5.41) is 16.7. The van der Waals surface area contributed by atoms with Crippen molar-refractivity contribution >= 4 is 70.1 Å². The van der Waals surface area contributed by atoms with E-state index in [2.05, 4.69) is 41.5 Å². The van der Waals surface area contributed by atoms with Gasteiger partial charge in [-0.3, -0.25) is 9.59 Å². The first-order chi connectivity index (χ1) is 16.7. The largest absolute Gasteiger partial charge is 0.197 e. The van der Waals surface area contributed by atoms with E-state index in [9.17, 15) is 9.59 Å². The molecule has 0 aromatic carbocycles. The van der Waals surface area contributed by atoms with Crippen molar-refractivity contribution in [1.29, 1.82) is 0 Å². The number of carbonyl (C=O) groups is 2. The van der Waals surface area contributed by atoms with Crippen LogP contribution < -0.4 is 0 Å². The van der Waals surface area contributed by atoms with Crippen LogP contribution in [-0.4, -0.2) is 66.3 Å². The minimum atomic E-state index is -0.702. The number of unbranched alkanes of at least 4 members (excludes halogenated alkanes) is 6. The van der Waals surface area contributed by atoms with Crippen LogP contribution in [-0.2, 0) is 9.59 Å². The molecule has 0 heterocycles. The molecule has 0 unspecified atom stereocenters. The van der Waals surface area contributed by atoms with Gasteiger partial charge in [0.05, 0.1) is 11.5 Å². The Kier molecular flexibility index (Phi) is 46.2. The van der Waals surface area contributed by atoms with Crippen LogP contribution in [0.2, 0.25) is 8.87 Å². The standard InChI is InChI=1S/2C10H20O2S.2C4H9.H2S.Sn/c2*1-9(2)6-4-3-5-7-13-8-10(11)12;2*1-3-4-2;;/h2*9H,3-8H2,1-2H3,(H,11,12);2*1,3-4H2,2H3;1H2;. The van der Waals surface area contributed by atoms with Crippen LogP contribution >= 0.6 is 37.0 Å². The molecule has 0 saturated carbocycles. The minimum absolute atomic E-state index is 0. The summed E-state index contributed by atoms with van der Waals surface area (Å²) in [5.41, 5.74) is 0. The Bertz CT molecular complexity index is 401. The maximum absolute atomic E-state index is 10.2. The summed E-state index contributed by atoms with van der Waals surface area (Å²) in [5.74, 6) is 2.68. The maximum Gasteiger partial charge on any atom is -0.197 e. The molecule has 0 saturated heterocycles. The number of carboxylic acid groups (broad SMARTS) is 2. The quantitative estimate of drug-likeness (QED) is 0.0881. The number of hydrogen-bond donors (Lipinski definition) is 2. The van der Waals surface area contributed by atoms with Gasteiger partial charge in [-0.2, -0.15) is 37.0 Å². The van der Waals surface area contributed by atoms with Crippen molar-refractivity contribution in [3.05, 3.63) is 0 Å². The van der Waals surface area contributed by atoms with Crippen LogP contribution in [0.4, 0.5) is 0 Å². The Labute approximate surface area is 250 Å². The van der Waals surface area contributed by atoms with Gasteiger partial charge >= 0.3 is 81.5 Å². The van der Waals surface area contributed by atoms with E-state index in [0.717, 1.165) is 36.2 Å². The van der Waals surface area contributed by atoms with E-state index in [0.29, 0.717) is 0 Å². The van der Waals surface area contributed by atoms with Crippen LogP contribution in [0.1, 0.15) is 119 Å². The van der Waals surface area contributed by atoms with E-state index in [4.69, 9.17) is 10.2 Å². The van der Waals surface area contributed by atoms with Gasteiger partial charge in [0.2, 0.25) is 0 Å². The molecule has 0 atom stereocenters. The molecule has 4 nitrogen and oxygen atoms in total. The molecule has 0 amide bonds. The Hall–Kier alpha value is 0.789. The molecule has 2 radical (unpaired) electrons. The van der Waals surface area contributed by atoms with Gasteiger partial charge in [0.1, 0.15) is 0 Å². The first-order valence-corrected chi connectivity index (χ1v) is 20.3. The Morgan fingerprint density at radius 1 is 0.639 bits per heavy atom. The van der Waals surface area contributed by atoms with Gasteiger partial charge < -0.3 is 10.2 Å². The predicted octanol–water partition coefficient (Wildman–Crippen LogP) is 9.28. The summed E-state index contributed by atoms with van der Waals surface area (Å²) in [4.78, 5) is 20.3. The molecular weight excluding hydrogens is 615 g/mol. The van der Waals surface area contributed by atoms with Crippen LogP contribution in [0.25, 0.3) is 0 Å². The second kappa shape index (κ2) is 37.9. The van der Waals surface area contributed by atoms with Crippen molar-refractivity contribution in [1.82, 2.24) is 0 Å². The fraction of sp³-hybridized carbons (Fsp3) is 0.929. The van der Waals surface area contributed by atoms with E-state index in [1.807, 2.05) is 0 Å². The first-order valence-electron chi connectivity index (χ1n) is 14.0. The molecule has 0 spiro atoms. The van der Waals surface area contributed by atoms with Gasteiger partial charge in [0, 0.05) is 0 Å². The fourth-order valence-corrected chi connectivity index (χ4v) is 8.53. The SMILES string of the molecule is CC(C)CCCCCSCC(=O)O.CC(C)CCCCCSCC(=O)O.CCC[CH2][Sn][CH2]CCC.S. The summed E-state index contributed by atoms with van der Waals surface area (Å²) in [7, 11) is 0. The molecule has 2 N–H and O–H groups in total. The average Bonchev–Trinajstić information content (AvgIpc) is 2.78. The summed E-state index contributed by atoms with van der Waals surface area (Å²) in [6.45, 7) is 13.5. The normalized spacial score (nSPS) is 10.2. The van der Waals surface area contributed by atoms with Crippen molar-refractivity contribution in [3.8, 4) is 0 Å². The molecule has 0 rings (SSSR count). The summed E-state index contributed by atoms with van der Waals surface area (Å²) >= 11 is 3.19. The summed E-state index contributed by atoms with van der Waals surface area (Å²) in [6, 6.07) is 0. The van der Waals surface area contributed by atoms with Gasteiger partial charge in [-0.05, 0) is 36.2 Å². The first kappa shape index (κ1) is 43.8. The molecule has 0 aromatic rings. The molecule has 0 aromatic heterocycles. The number of aliphatic carboxylic acids is 2. The number of thioether (sulfide) groups is 2. The van der Waals surface area contributed by atoms with Gasteiger partial charge in [0.15, 0.2) is 0 Å². The Morgan fingerprint density at radius 3 is 1.28 bits per heavy atom. The average molecular weight is 676 g/mol. The number of hydrogen-bond acceptors (Lipinski definition) is 4. The van der Waals surface area contributed by atoms with Crippen molar-refractivity contribution in [2.45, 2.75) is 127 Å². The summed E-state index contributed by atoms with van der Waals surface area (Å²) < 4.78 is 3.25. The molecule has 0 aliphatic heterocycles. The Morgan fingerprint density at radius 2 is 1.00 bits per heavy atom. The van der Waals surface area contributed by atoms with E-state index in [1.54, 1.807) is 8.87 Å². The molecule has 0 fully saturated rings. The van der Waals surface area contributed by atoms with E-state index in [-0.39, 0.29) is 46.1 Å². The predicted molar refractivity (Wildman–Crippen MR) is 172 cm³/mol. The second-order valence-electron chi connectivity index (χ2n) is 9.84. The Balaban J connectivity index is -0.000000214. The van der Waals surface area contributed by atoms with E-state index in [1.165, 1.54) is 87.7 Å². The smallest absolute Gasteiger partial charge is 0.197 e. The zero-order chi connectivity index (χ0) is 27.2. The zero-order valence-electron chi connectivity index (χ0n) is 24.4. The molecule has 0 aliphatic rings. The topological polar surface area (TPSA) is 74.6 Å². The molecule has 218 valence electrons. The van der Waals surface area contributed by atoms with Crippen LogP contribution in [0.5, 0.6) is 0 Å². The molecule has 8 heteroatoms.